The van der Waals surface area contributed by atoms with Crippen molar-refractivity contribution >= 4 is 93.0 Å². The number of para-hydroxylation sites is 1. The third kappa shape index (κ3) is 15.3. The minimum Gasteiger partial charge on any atom is -0.379 e. The number of aromatic nitrogens is 1. The molecule has 8 rings (SSSR count). The summed E-state index contributed by atoms with van der Waals surface area (Å²) in [5.74, 6) is 0.112. The maximum atomic E-state index is 14.6. The Morgan fingerprint density at radius 1 is 0.705 bits per heavy atom. The number of carbonyl (C=O) groups is 4. The summed E-state index contributed by atoms with van der Waals surface area (Å²) in [6, 6.07) is 50.1. The average Bonchev–Trinajstić information content (AvgIpc) is 4.12. The maximum absolute atomic E-state index is 14.6. The summed E-state index contributed by atoms with van der Waals surface area (Å²) < 4.78 is 13.1. The molecule has 1 saturated carbocycles. The zero-order chi connectivity index (χ0) is 54.5. The second-order valence-corrected chi connectivity index (χ2v) is 24.9. The Morgan fingerprint density at radius 2 is 1.32 bits per heavy atom. The van der Waals surface area contributed by atoms with Crippen molar-refractivity contribution in [2.45, 2.75) is 76.7 Å². The number of nitrogens with zero attached hydrogens (tertiary/aromatic N) is 4. The predicted octanol–water partition coefficient (Wildman–Crippen LogP) is 10.2. The summed E-state index contributed by atoms with van der Waals surface area (Å²) in [6.45, 7) is 2.31. The Labute approximate surface area is 466 Å². The molecule has 2 N–H and O–H groups in total. The molecular weight excluding hydrogens is 1020 g/mol. The number of ether oxygens (including phenoxy) is 2. The standard InChI is InChI=1S/C64H76ClN6O6P/c1-69(2)53-35-29-49(30-36-53)46-58-64(75)70(48-61(72)67-52-33-31-50(32-34-52)63(74)66-40-42-77-44-43-76-41-18-4-3-17-39-65)60(68-58)38-37-54-47-51-20-14-15-27-59(51)71(54)62(73)28-16-19-45-78(55-21-8-5-9-22-55,56-23-10-6-11-24-56)57-25-12-7-13-26-57/h5-15,20-27,29-30,35-38,46-47,50,52,78H,3-4,16-19,28,31-34,39-45,48H2,1-2H3,(H,66,74)(H,67,72)/b38-37+,58-46+. The van der Waals surface area contributed by atoms with Gasteiger partial charge in [-0.2, -0.15) is 0 Å². The van der Waals surface area contributed by atoms with Crippen molar-refractivity contribution in [3.8, 4) is 0 Å². The van der Waals surface area contributed by atoms with E-state index in [-0.39, 0.29) is 41.9 Å². The van der Waals surface area contributed by atoms with Crippen LogP contribution in [0.25, 0.3) is 23.1 Å². The van der Waals surface area contributed by atoms with E-state index in [1.165, 1.54) is 20.8 Å². The van der Waals surface area contributed by atoms with Gasteiger partial charge in [0, 0.05) is 50.8 Å². The predicted molar refractivity (Wildman–Crippen MR) is 322 cm³/mol. The number of anilines is 1. The fourth-order valence-corrected chi connectivity index (χ4v) is 15.9. The molecular formula is C64H76ClN6O6P. The molecule has 2 aliphatic rings. The minimum absolute atomic E-state index is 0.00245. The Bertz CT molecular complexity index is 2900. The third-order valence-electron chi connectivity index (χ3n) is 14.9. The quantitative estimate of drug-likeness (QED) is 0.0216. The normalized spacial score (nSPS) is 16.4. The van der Waals surface area contributed by atoms with Crippen LogP contribution in [0.15, 0.2) is 162 Å². The van der Waals surface area contributed by atoms with Crippen LogP contribution in [0.4, 0.5) is 5.69 Å². The molecule has 1 aliphatic carbocycles. The van der Waals surface area contributed by atoms with Crippen LogP contribution >= 0.6 is 18.9 Å². The van der Waals surface area contributed by atoms with Crippen molar-refractivity contribution in [1.82, 2.24) is 20.1 Å². The first-order valence-corrected chi connectivity index (χ1v) is 30.6. The van der Waals surface area contributed by atoms with Crippen LogP contribution < -0.4 is 31.4 Å². The smallest absolute Gasteiger partial charge is 0.379 e. The number of rotatable bonds is 28. The number of carbonyl (C=O) groups excluding carboxylic acids is 4. The molecule has 1 aromatic heterocycles. The van der Waals surface area contributed by atoms with Gasteiger partial charge in [0.2, 0.25) is 11.8 Å². The molecule has 0 radical (unpaired) electrons. The zero-order valence-corrected chi connectivity index (χ0v) is 47.1. The van der Waals surface area contributed by atoms with Gasteiger partial charge in [-0.05, 0) is 62.3 Å². The number of amidine groups is 1. The first-order chi connectivity index (χ1) is 38.1. The first-order valence-electron chi connectivity index (χ1n) is 27.8. The van der Waals surface area contributed by atoms with Gasteiger partial charge in [0.25, 0.3) is 0 Å². The Hall–Kier alpha value is -6.69. The van der Waals surface area contributed by atoms with Crippen LogP contribution in [-0.2, 0) is 23.9 Å². The van der Waals surface area contributed by atoms with Gasteiger partial charge in [-0.25, -0.2) is 0 Å². The molecule has 2 heterocycles. The molecule has 12 nitrogen and oxygen atoms in total. The van der Waals surface area contributed by atoms with Gasteiger partial charge in [-0.1, -0.05) is 25.0 Å². The number of nitrogens with one attached hydrogen (secondary N) is 2. The van der Waals surface area contributed by atoms with E-state index in [0.29, 0.717) is 88.9 Å². The number of hydrogen-bond donors (Lipinski definition) is 2. The van der Waals surface area contributed by atoms with Gasteiger partial charge in [-0.3, -0.25) is 14.4 Å². The van der Waals surface area contributed by atoms with Crippen LogP contribution in [0.2, 0.25) is 0 Å². The van der Waals surface area contributed by atoms with Gasteiger partial charge < -0.3 is 25.0 Å². The van der Waals surface area contributed by atoms with Gasteiger partial charge >= 0.3 is 248 Å². The summed E-state index contributed by atoms with van der Waals surface area (Å²) in [6.07, 6.45) is 15.0. The van der Waals surface area contributed by atoms with E-state index in [2.05, 4.69) is 102 Å². The number of fused-ring (bicyclic) bond motifs is 1. The summed E-state index contributed by atoms with van der Waals surface area (Å²) >= 11 is 5.74. The molecule has 0 bridgehead atoms. The van der Waals surface area contributed by atoms with Crippen molar-refractivity contribution in [3.63, 3.8) is 0 Å². The molecule has 410 valence electrons. The number of halogens is 1. The van der Waals surface area contributed by atoms with E-state index in [9.17, 15) is 19.2 Å². The molecule has 0 spiro atoms. The molecule has 1 aliphatic heterocycles. The first kappa shape index (κ1) is 57.5. The van der Waals surface area contributed by atoms with Gasteiger partial charge in [0.1, 0.15) is 0 Å². The second-order valence-electron chi connectivity index (χ2n) is 20.5. The monoisotopic (exact) mass is 1090 g/mol. The number of unbranched alkanes of at least 4 members (excludes halogenated alkanes) is 4. The second kappa shape index (κ2) is 29.3. The molecule has 0 saturated heterocycles. The number of hydrogen-bond acceptors (Lipinski definition) is 8. The fraction of sp³-hybridized carbons (Fsp3) is 0.359. The number of aliphatic imine (C=N–C) groups is 1. The minimum atomic E-state index is -2.47. The zero-order valence-electron chi connectivity index (χ0n) is 45.3. The molecule has 6 aromatic rings. The van der Waals surface area contributed by atoms with E-state index < -0.39 is 13.2 Å². The summed E-state index contributed by atoms with van der Waals surface area (Å²) in [5.41, 5.74) is 3.46. The number of alkyl halides is 1. The van der Waals surface area contributed by atoms with Crippen LogP contribution in [0.5, 0.6) is 0 Å². The van der Waals surface area contributed by atoms with Crippen LogP contribution in [0.1, 0.15) is 86.7 Å². The molecule has 5 aromatic carbocycles. The molecule has 3 amide bonds. The Balaban J connectivity index is 0.919. The molecule has 78 heavy (non-hydrogen) atoms. The molecule has 0 atom stereocenters. The Morgan fingerprint density at radius 3 is 1.96 bits per heavy atom. The summed E-state index contributed by atoms with van der Waals surface area (Å²) in [5, 5.41) is 11.1. The average molecular weight is 1090 g/mol. The molecule has 14 heteroatoms. The van der Waals surface area contributed by atoms with Crippen molar-refractivity contribution in [3.05, 3.63) is 169 Å². The number of amides is 3. The van der Waals surface area contributed by atoms with E-state index in [0.717, 1.165) is 60.4 Å². The molecule has 1 fully saturated rings. The van der Waals surface area contributed by atoms with Crippen molar-refractivity contribution < 1.29 is 28.7 Å². The SMILES string of the molecule is CN(C)c1ccc(/C=C2N=C(/C=C/c3cc4ccccc4n3C(=O)CCCC[PH](c3ccccc3)(c3ccccc3)c3ccccc3)N(CC(=O)NC3CCC(C(=O)NCCOCCOCCCCCCCl)CC3)C/2=O)cc1. The topological polar surface area (TPSA) is 135 Å². The van der Waals surface area contributed by atoms with Crippen LogP contribution in [-0.4, -0.2) is 111 Å². The number of benzene rings is 5. The van der Waals surface area contributed by atoms with Crippen molar-refractivity contribution in [1.29, 1.82) is 0 Å². The van der Waals surface area contributed by atoms with E-state index in [1.54, 1.807) is 16.7 Å². The van der Waals surface area contributed by atoms with Gasteiger partial charge in [0.15, 0.2) is 0 Å². The molecule has 0 unspecified atom stereocenters. The van der Waals surface area contributed by atoms with E-state index in [4.69, 9.17) is 26.1 Å². The van der Waals surface area contributed by atoms with Gasteiger partial charge in [-0.15, -0.1) is 11.6 Å². The Kier molecular flexibility index (Phi) is 21.6. The summed E-state index contributed by atoms with van der Waals surface area (Å²) in [4.78, 5) is 64.0. The van der Waals surface area contributed by atoms with Crippen LogP contribution in [0, 0.1) is 5.92 Å². The van der Waals surface area contributed by atoms with E-state index >= 15 is 0 Å². The van der Waals surface area contributed by atoms with Crippen molar-refractivity contribution in [2.75, 3.05) is 70.6 Å². The van der Waals surface area contributed by atoms with Gasteiger partial charge in [0.05, 0.1) is 19.8 Å². The van der Waals surface area contributed by atoms with Crippen LogP contribution in [0.3, 0.4) is 0 Å². The van der Waals surface area contributed by atoms with E-state index in [1.807, 2.05) is 79.7 Å². The third-order valence-corrected chi connectivity index (χ3v) is 20.3. The fourth-order valence-electron chi connectivity index (χ4n) is 10.8. The van der Waals surface area contributed by atoms with Crippen molar-refractivity contribution in [2.24, 2.45) is 10.9 Å². The summed E-state index contributed by atoms with van der Waals surface area (Å²) in [7, 11) is 1.47.